The summed E-state index contributed by atoms with van der Waals surface area (Å²) in [6.07, 6.45) is 0.691. The molecule has 0 radical (unpaired) electrons. The molecule has 0 aliphatic heterocycles. The summed E-state index contributed by atoms with van der Waals surface area (Å²) in [5, 5.41) is 2.89. The van der Waals surface area contributed by atoms with Crippen molar-refractivity contribution in [1.82, 2.24) is 10.2 Å². The maximum atomic E-state index is 14.1. The second kappa shape index (κ2) is 14.9. The van der Waals surface area contributed by atoms with E-state index in [1.54, 1.807) is 55.5 Å². The first-order valence-electron chi connectivity index (χ1n) is 14.7. The van der Waals surface area contributed by atoms with Crippen LogP contribution in [0, 0.1) is 12.7 Å². The lowest BCUT2D eigenvalue weighted by molar-refractivity contribution is -0.139. The highest BCUT2D eigenvalue weighted by Gasteiger charge is 2.33. The van der Waals surface area contributed by atoms with E-state index in [0.29, 0.717) is 23.5 Å². The number of nitrogens with zero attached hydrogens (tertiary/aromatic N) is 2. The van der Waals surface area contributed by atoms with Gasteiger partial charge in [-0.05, 0) is 93.4 Å². The predicted molar refractivity (Wildman–Crippen MR) is 173 cm³/mol. The number of hydrogen-bond donors (Lipinski definition) is 1. The summed E-state index contributed by atoms with van der Waals surface area (Å²) in [5.74, 6) is -0.321. The molecule has 0 aromatic heterocycles. The first-order chi connectivity index (χ1) is 21.5. The molecule has 0 unspecified atom stereocenters. The molecule has 0 aliphatic carbocycles. The number of carbonyl (C=O) groups is 2. The highest BCUT2D eigenvalue weighted by Crippen LogP contribution is 2.29. The van der Waals surface area contributed by atoms with Gasteiger partial charge in [0.1, 0.15) is 29.9 Å². The zero-order valence-electron chi connectivity index (χ0n) is 25.8. The van der Waals surface area contributed by atoms with Gasteiger partial charge in [0.25, 0.3) is 10.0 Å². The van der Waals surface area contributed by atoms with Crippen molar-refractivity contribution < 1.29 is 27.1 Å². The first-order valence-corrected chi connectivity index (χ1v) is 16.2. The average molecular weight is 632 g/mol. The Hall–Kier alpha value is -4.70. The summed E-state index contributed by atoms with van der Waals surface area (Å²) >= 11 is 0. The van der Waals surface area contributed by atoms with E-state index in [-0.39, 0.29) is 29.1 Å². The van der Waals surface area contributed by atoms with E-state index in [2.05, 4.69) is 5.32 Å². The first kappa shape index (κ1) is 33.2. The minimum atomic E-state index is -4.22. The Bertz CT molecular complexity index is 1680. The lowest BCUT2D eigenvalue weighted by Gasteiger charge is -2.32. The summed E-state index contributed by atoms with van der Waals surface area (Å²) in [4.78, 5) is 28.6. The van der Waals surface area contributed by atoms with Crippen LogP contribution in [0.3, 0.4) is 0 Å². The number of ether oxygens (including phenoxy) is 1. The smallest absolute Gasteiger partial charge is 0.264 e. The van der Waals surface area contributed by atoms with Crippen LogP contribution in [0.4, 0.5) is 10.1 Å². The number of aryl methyl sites for hydroxylation is 1. The molecule has 236 valence electrons. The molecule has 4 aromatic rings. The van der Waals surface area contributed by atoms with Crippen LogP contribution in [-0.2, 0) is 26.2 Å². The molecule has 2 amide bonds. The molecule has 0 fully saturated rings. The summed E-state index contributed by atoms with van der Waals surface area (Å²) in [6.45, 7) is 6.61. The van der Waals surface area contributed by atoms with Gasteiger partial charge in [-0.25, -0.2) is 12.8 Å². The van der Waals surface area contributed by atoms with E-state index in [9.17, 15) is 22.4 Å². The van der Waals surface area contributed by atoms with Crippen LogP contribution in [0.5, 0.6) is 11.5 Å². The molecule has 1 N–H and O–H groups in total. The van der Waals surface area contributed by atoms with Crippen LogP contribution in [0.25, 0.3) is 0 Å². The number of para-hydroxylation sites is 1. The van der Waals surface area contributed by atoms with Gasteiger partial charge in [-0.2, -0.15) is 0 Å². The maximum Gasteiger partial charge on any atom is 0.264 e. The third kappa shape index (κ3) is 8.69. The van der Waals surface area contributed by atoms with Gasteiger partial charge in [-0.15, -0.1) is 0 Å². The number of hydrogen-bond acceptors (Lipinski definition) is 5. The Labute approximate surface area is 264 Å². The Morgan fingerprint density at radius 1 is 0.844 bits per heavy atom. The SMILES string of the molecule is CC[C@@H](C)NC(=O)[C@@H](C)N(Cc1ccc(F)cc1)C(=O)CN(c1ccc(Oc2ccccc2)cc1)S(=O)(=O)c1ccc(C)cc1. The summed E-state index contributed by atoms with van der Waals surface area (Å²) in [5.41, 5.74) is 1.71. The molecule has 0 saturated heterocycles. The van der Waals surface area contributed by atoms with Gasteiger partial charge >= 0.3 is 0 Å². The topological polar surface area (TPSA) is 96.0 Å². The molecule has 10 heteroatoms. The number of sulfonamides is 1. The van der Waals surface area contributed by atoms with Gasteiger partial charge in [0.15, 0.2) is 0 Å². The number of carbonyl (C=O) groups excluding carboxylic acids is 2. The van der Waals surface area contributed by atoms with Crippen molar-refractivity contribution in [1.29, 1.82) is 0 Å². The monoisotopic (exact) mass is 631 g/mol. The Balaban J connectivity index is 1.70. The quantitative estimate of drug-likeness (QED) is 0.183. The van der Waals surface area contributed by atoms with Crippen molar-refractivity contribution in [3.63, 3.8) is 0 Å². The van der Waals surface area contributed by atoms with E-state index >= 15 is 0 Å². The van der Waals surface area contributed by atoms with Crippen LogP contribution in [-0.4, -0.2) is 43.8 Å². The second-order valence-electron chi connectivity index (χ2n) is 10.9. The van der Waals surface area contributed by atoms with Gasteiger partial charge in [-0.3, -0.25) is 13.9 Å². The third-order valence-corrected chi connectivity index (χ3v) is 9.21. The Kier molecular flexibility index (Phi) is 11.0. The standard InChI is InChI=1S/C35H38FN3O5S/c1-5-26(3)37-35(41)27(4)38(23-28-13-15-29(36)16-14-28)34(40)24-39(45(42,43)33-21-11-25(2)12-22-33)30-17-19-32(20-18-30)44-31-9-7-6-8-10-31/h6-22,26-27H,5,23-24H2,1-4H3,(H,37,41)/t26-,27-/m1/s1. The molecule has 0 heterocycles. The van der Waals surface area contributed by atoms with Gasteiger partial charge in [-0.1, -0.05) is 55.0 Å². The lowest BCUT2D eigenvalue weighted by Crippen LogP contribution is -2.52. The van der Waals surface area contributed by atoms with Crippen LogP contribution >= 0.6 is 0 Å². The van der Waals surface area contributed by atoms with Crippen molar-refractivity contribution >= 4 is 27.5 Å². The highest BCUT2D eigenvalue weighted by molar-refractivity contribution is 7.92. The lowest BCUT2D eigenvalue weighted by atomic mass is 10.1. The predicted octanol–water partition coefficient (Wildman–Crippen LogP) is 6.45. The number of halogens is 1. The molecule has 4 aromatic carbocycles. The number of amides is 2. The zero-order valence-corrected chi connectivity index (χ0v) is 26.6. The Morgan fingerprint density at radius 2 is 1.44 bits per heavy atom. The molecular weight excluding hydrogens is 593 g/mol. The normalized spacial score (nSPS) is 12.6. The van der Waals surface area contributed by atoms with Gasteiger partial charge < -0.3 is 15.0 Å². The van der Waals surface area contributed by atoms with Crippen LogP contribution in [0.2, 0.25) is 0 Å². The van der Waals surface area contributed by atoms with Crippen molar-refractivity contribution in [2.75, 3.05) is 10.8 Å². The Morgan fingerprint density at radius 3 is 2.04 bits per heavy atom. The maximum absolute atomic E-state index is 14.1. The molecule has 45 heavy (non-hydrogen) atoms. The molecule has 0 aliphatic rings. The average Bonchev–Trinajstić information content (AvgIpc) is 3.04. The molecule has 2 atom stereocenters. The number of nitrogens with one attached hydrogen (secondary N) is 1. The van der Waals surface area contributed by atoms with Crippen molar-refractivity contribution in [2.24, 2.45) is 0 Å². The van der Waals surface area contributed by atoms with E-state index in [0.717, 1.165) is 9.87 Å². The molecule has 8 nitrogen and oxygen atoms in total. The van der Waals surface area contributed by atoms with Gasteiger partial charge in [0, 0.05) is 12.6 Å². The fourth-order valence-electron chi connectivity index (χ4n) is 4.51. The fraction of sp³-hybridized carbons (Fsp3) is 0.257. The number of anilines is 1. The minimum absolute atomic E-state index is 0.0122. The largest absolute Gasteiger partial charge is 0.457 e. The molecule has 4 rings (SSSR count). The van der Waals surface area contributed by atoms with E-state index in [1.807, 2.05) is 39.0 Å². The molecular formula is C35H38FN3O5S. The third-order valence-electron chi connectivity index (χ3n) is 7.43. The van der Waals surface area contributed by atoms with Gasteiger partial charge in [0.2, 0.25) is 11.8 Å². The summed E-state index contributed by atoms with van der Waals surface area (Å²) in [7, 11) is -4.22. The van der Waals surface area contributed by atoms with E-state index in [1.165, 1.54) is 41.3 Å². The fourth-order valence-corrected chi connectivity index (χ4v) is 5.92. The van der Waals surface area contributed by atoms with Crippen LogP contribution < -0.4 is 14.4 Å². The zero-order chi connectivity index (χ0) is 32.6. The van der Waals surface area contributed by atoms with Crippen LogP contribution in [0.15, 0.2) is 108 Å². The number of rotatable bonds is 13. The van der Waals surface area contributed by atoms with E-state index in [4.69, 9.17) is 4.74 Å². The molecule has 0 bridgehead atoms. The van der Waals surface area contributed by atoms with Crippen LogP contribution in [0.1, 0.15) is 38.3 Å². The molecule has 0 saturated carbocycles. The summed E-state index contributed by atoms with van der Waals surface area (Å²) in [6, 6.07) is 26.4. The van der Waals surface area contributed by atoms with Crippen molar-refractivity contribution in [3.8, 4) is 11.5 Å². The molecule has 0 spiro atoms. The summed E-state index contributed by atoms with van der Waals surface area (Å²) < 4.78 is 48.7. The highest BCUT2D eigenvalue weighted by atomic mass is 32.2. The number of benzene rings is 4. The minimum Gasteiger partial charge on any atom is -0.457 e. The van der Waals surface area contributed by atoms with E-state index < -0.39 is 34.3 Å². The van der Waals surface area contributed by atoms with Crippen molar-refractivity contribution in [3.05, 3.63) is 120 Å². The van der Waals surface area contributed by atoms with Gasteiger partial charge in [0.05, 0.1) is 10.6 Å². The second-order valence-corrected chi connectivity index (χ2v) is 12.7. The van der Waals surface area contributed by atoms with Crippen molar-refractivity contribution in [2.45, 2.75) is 57.6 Å².